The van der Waals surface area contributed by atoms with Crippen LogP contribution < -0.4 is 9.72 Å². The maximum Gasteiger partial charge on any atom is 0.351 e. The first-order valence-corrected chi connectivity index (χ1v) is 9.30. The van der Waals surface area contributed by atoms with Gasteiger partial charge >= 0.3 is 11.7 Å². The first-order valence-electron chi connectivity index (χ1n) is 8.92. The van der Waals surface area contributed by atoms with Crippen LogP contribution in [0.25, 0.3) is 16.8 Å². The number of aliphatic hydroxyl groups excluding tert-OH is 1. The molecule has 3 N–H and O–H groups in total. The number of aromatic amines is 1. The van der Waals surface area contributed by atoms with Crippen molar-refractivity contribution in [2.45, 2.75) is 6.04 Å². The van der Waals surface area contributed by atoms with Crippen LogP contribution in [0.4, 0.5) is 0 Å². The summed E-state index contributed by atoms with van der Waals surface area (Å²) in [6.07, 6.45) is 1.82. The summed E-state index contributed by atoms with van der Waals surface area (Å²) in [7, 11) is 0. The molecule has 4 aromatic rings. The van der Waals surface area contributed by atoms with Crippen LogP contribution in [-0.4, -0.2) is 22.6 Å². The smallest absolute Gasteiger partial charge is 0.351 e. The van der Waals surface area contributed by atoms with E-state index in [2.05, 4.69) is 10.3 Å². The molecular weight excluding hydrogens is 374 g/mol. The molecule has 0 spiro atoms. The minimum Gasteiger partial charge on any atom is -0.394 e. The normalized spacial score (nSPS) is 12.1. The molecule has 2 heterocycles. The summed E-state index contributed by atoms with van der Waals surface area (Å²) in [5.41, 5.74) is 3.38. The number of pyridine rings is 1. The van der Waals surface area contributed by atoms with Crippen molar-refractivity contribution in [3.05, 3.63) is 95.4 Å². The van der Waals surface area contributed by atoms with Gasteiger partial charge in [0, 0.05) is 10.6 Å². The number of rotatable bonds is 5. The Morgan fingerprint density at radius 3 is 2.61 bits per heavy atom. The van der Waals surface area contributed by atoms with E-state index in [9.17, 15) is 9.90 Å². The Kier molecular flexibility index (Phi) is 5.10. The molecule has 140 valence electrons. The molecular formula is C22H19ClN3O2+. The van der Waals surface area contributed by atoms with Crippen molar-refractivity contribution in [2.24, 2.45) is 0 Å². The number of carbonyl (C=O) groups excluding carboxylic acids is 1. The van der Waals surface area contributed by atoms with E-state index in [0.29, 0.717) is 10.8 Å². The molecule has 1 atom stereocenters. The SMILES string of the molecule is O=C(N[C@@H](CO)c1ccccc1)c1[nH]c(-c2cccc(Cl)c2)c2cccc[n+]12. The van der Waals surface area contributed by atoms with Gasteiger partial charge in [0.2, 0.25) is 0 Å². The number of hydrogen-bond acceptors (Lipinski definition) is 2. The zero-order chi connectivity index (χ0) is 19.5. The molecule has 0 bridgehead atoms. The largest absolute Gasteiger partial charge is 0.394 e. The van der Waals surface area contributed by atoms with Crippen molar-refractivity contribution in [2.75, 3.05) is 6.61 Å². The number of fused-ring (bicyclic) bond motifs is 1. The minimum absolute atomic E-state index is 0.194. The third kappa shape index (κ3) is 3.50. The van der Waals surface area contributed by atoms with E-state index in [0.717, 1.165) is 22.3 Å². The number of aromatic nitrogens is 2. The monoisotopic (exact) mass is 392 g/mol. The van der Waals surface area contributed by atoms with Crippen LogP contribution in [0.2, 0.25) is 5.02 Å². The highest BCUT2D eigenvalue weighted by molar-refractivity contribution is 6.30. The van der Waals surface area contributed by atoms with E-state index < -0.39 is 6.04 Å². The second-order valence-corrected chi connectivity index (χ2v) is 6.87. The van der Waals surface area contributed by atoms with Crippen molar-refractivity contribution >= 4 is 23.0 Å². The lowest BCUT2D eigenvalue weighted by molar-refractivity contribution is -0.513. The predicted molar refractivity (Wildman–Crippen MR) is 108 cm³/mol. The summed E-state index contributed by atoms with van der Waals surface area (Å²) in [6.45, 7) is -0.194. The molecule has 0 radical (unpaired) electrons. The highest BCUT2D eigenvalue weighted by Gasteiger charge is 2.27. The van der Waals surface area contributed by atoms with Crippen molar-refractivity contribution in [3.63, 3.8) is 0 Å². The maximum atomic E-state index is 13.0. The Bertz CT molecular complexity index is 1130. The Morgan fingerprint density at radius 1 is 1.07 bits per heavy atom. The van der Waals surface area contributed by atoms with Gasteiger partial charge in [0.25, 0.3) is 0 Å². The van der Waals surface area contributed by atoms with Crippen LogP contribution in [0, 0.1) is 0 Å². The summed E-state index contributed by atoms with van der Waals surface area (Å²) in [6, 6.07) is 22.1. The lowest BCUT2D eigenvalue weighted by Crippen LogP contribution is -2.38. The van der Waals surface area contributed by atoms with E-state index >= 15 is 0 Å². The van der Waals surface area contributed by atoms with Gasteiger partial charge in [-0.05, 0) is 29.8 Å². The van der Waals surface area contributed by atoms with Gasteiger partial charge in [-0.25, -0.2) is 4.98 Å². The second-order valence-electron chi connectivity index (χ2n) is 6.43. The van der Waals surface area contributed by atoms with E-state index in [1.54, 1.807) is 4.40 Å². The Labute approximate surface area is 167 Å². The zero-order valence-corrected chi connectivity index (χ0v) is 15.7. The highest BCUT2D eigenvalue weighted by Crippen LogP contribution is 2.24. The summed E-state index contributed by atoms with van der Waals surface area (Å²) >= 11 is 6.14. The fourth-order valence-corrected chi connectivity index (χ4v) is 3.45. The van der Waals surface area contributed by atoms with Gasteiger partial charge in [0.05, 0.1) is 18.8 Å². The average Bonchev–Trinajstić information content (AvgIpc) is 3.12. The molecule has 2 aromatic carbocycles. The van der Waals surface area contributed by atoms with Crippen LogP contribution in [-0.2, 0) is 0 Å². The molecule has 0 aliphatic heterocycles. The van der Waals surface area contributed by atoms with Crippen molar-refractivity contribution < 1.29 is 14.3 Å². The van der Waals surface area contributed by atoms with Gasteiger partial charge in [0.15, 0.2) is 11.2 Å². The van der Waals surface area contributed by atoms with Crippen molar-refractivity contribution in [1.82, 2.24) is 10.3 Å². The number of aliphatic hydroxyl groups is 1. The predicted octanol–water partition coefficient (Wildman–Crippen LogP) is 3.54. The summed E-state index contributed by atoms with van der Waals surface area (Å²) in [5, 5.41) is 13.3. The average molecular weight is 393 g/mol. The molecule has 1 amide bonds. The molecule has 2 aromatic heterocycles. The molecule has 4 rings (SSSR count). The van der Waals surface area contributed by atoms with Gasteiger partial charge in [-0.3, -0.25) is 4.79 Å². The molecule has 5 nitrogen and oxygen atoms in total. The van der Waals surface area contributed by atoms with E-state index in [1.807, 2.05) is 79.0 Å². The van der Waals surface area contributed by atoms with Crippen LogP contribution in [0.5, 0.6) is 0 Å². The number of nitrogens with one attached hydrogen (secondary N) is 2. The highest BCUT2D eigenvalue weighted by atomic mass is 35.5. The van der Waals surface area contributed by atoms with Gasteiger partial charge in [-0.15, -0.1) is 0 Å². The standard InChI is InChI=1S/C22H18ClN3O2/c23-17-10-6-9-16(13-17)20-19-11-4-5-12-26(19)21(25-20)22(28)24-18(14-27)15-7-2-1-3-8-15/h1-13,18,27H,14H2,(H,24,28)/p+1/t18-/m0/s1. The van der Waals surface area contributed by atoms with Gasteiger partial charge in [0.1, 0.15) is 0 Å². The Hall–Kier alpha value is -3.15. The van der Waals surface area contributed by atoms with Crippen molar-refractivity contribution in [3.8, 4) is 11.3 Å². The van der Waals surface area contributed by atoms with E-state index in [-0.39, 0.29) is 12.5 Å². The Morgan fingerprint density at radius 2 is 1.86 bits per heavy atom. The number of H-pyrrole nitrogens is 1. The first kappa shape index (κ1) is 18.2. The number of amides is 1. The van der Waals surface area contributed by atoms with Gasteiger partial charge < -0.3 is 10.4 Å². The quantitative estimate of drug-likeness (QED) is 0.455. The molecule has 0 fully saturated rings. The maximum absolute atomic E-state index is 13.0. The van der Waals surface area contributed by atoms with Crippen LogP contribution in [0.15, 0.2) is 79.0 Å². The fourth-order valence-electron chi connectivity index (χ4n) is 3.26. The zero-order valence-electron chi connectivity index (χ0n) is 15.0. The van der Waals surface area contributed by atoms with Crippen LogP contribution >= 0.6 is 11.6 Å². The number of hydrogen-bond donors (Lipinski definition) is 3. The topological polar surface area (TPSA) is 69.2 Å². The second kappa shape index (κ2) is 7.84. The number of benzene rings is 2. The van der Waals surface area contributed by atoms with Crippen molar-refractivity contribution in [1.29, 1.82) is 0 Å². The van der Waals surface area contributed by atoms with Gasteiger partial charge in [-0.1, -0.05) is 60.1 Å². The third-order valence-corrected chi connectivity index (χ3v) is 4.85. The number of carbonyl (C=O) groups is 1. The molecule has 0 aliphatic rings. The lowest BCUT2D eigenvalue weighted by atomic mass is 10.1. The third-order valence-electron chi connectivity index (χ3n) is 4.62. The van der Waals surface area contributed by atoms with E-state index in [1.165, 1.54) is 0 Å². The minimum atomic E-state index is -0.494. The summed E-state index contributed by atoms with van der Waals surface area (Å²) in [5.74, 6) is 0.0670. The summed E-state index contributed by atoms with van der Waals surface area (Å²) < 4.78 is 1.80. The fraction of sp³-hybridized carbons (Fsp3) is 0.0909. The number of halogens is 1. The Balaban J connectivity index is 1.73. The summed E-state index contributed by atoms with van der Waals surface area (Å²) in [4.78, 5) is 16.2. The molecule has 0 saturated heterocycles. The molecule has 6 heteroatoms. The van der Waals surface area contributed by atoms with Crippen LogP contribution in [0.1, 0.15) is 22.2 Å². The molecule has 0 saturated carbocycles. The number of nitrogens with zero attached hydrogens (tertiary/aromatic N) is 1. The van der Waals surface area contributed by atoms with Gasteiger partial charge in [-0.2, -0.15) is 4.40 Å². The molecule has 28 heavy (non-hydrogen) atoms. The molecule has 0 aliphatic carbocycles. The molecule has 0 unspecified atom stereocenters. The van der Waals surface area contributed by atoms with E-state index in [4.69, 9.17) is 11.6 Å². The lowest BCUT2D eigenvalue weighted by Gasteiger charge is -2.14. The van der Waals surface area contributed by atoms with Crippen LogP contribution in [0.3, 0.4) is 0 Å². The first-order chi connectivity index (χ1) is 13.7. The number of imidazole rings is 1.